The molecule has 0 radical (unpaired) electrons. The molecular weight excluding hydrogens is 492 g/mol. The van der Waals surface area contributed by atoms with E-state index in [-0.39, 0.29) is 32.0 Å². The van der Waals surface area contributed by atoms with Gasteiger partial charge in [-0.15, -0.1) is 0 Å². The quantitative estimate of drug-likeness (QED) is 0.132. The van der Waals surface area contributed by atoms with Gasteiger partial charge in [0.25, 0.3) is 0 Å². The monoisotopic (exact) mass is 536 g/mol. The predicted octanol–water partition coefficient (Wildman–Crippen LogP) is -5.37. The van der Waals surface area contributed by atoms with Gasteiger partial charge in [0.05, 0.1) is 36.4 Å². The van der Waals surface area contributed by atoms with Crippen molar-refractivity contribution in [2.24, 2.45) is 28.7 Å². The van der Waals surface area contributed by atoms with Crippen LogP contribution >= 0.6 is 0 Å². The largest absolute Gasteiger partial charge is 0.389 e. The number of hydrogen-bond donors (Lipinski definition) is 10. The van der Waals surface area contributed by atoms with Crippen LogP contribution in [0.4, 0.5) is 0 Å². The van der Waals surface area contributed by atoms with Crippen LogP contribution in [0, 0.1) is 0 Å². The minimum Gasteiger partial charge on any atom is -0.389 e. The summed E-state index contributed by atoms with van der Waals surface area (Å²) in [6.07, 6.45) is -9.53. The van der Waals surface area contributed by atoms with Crippen molar-refractivity contribution < 1.29 is 44.2 Å². The highest BCUT2D eigenvalue weighted by Gasteiger charge is 2.50. The van der Waals surface area contributed by atoms with Crippen LogP contribution in [0.5, 0.6) is 0 Å². The Morgan fingerprint density at radius 3 is 2.30 bits per heavy atom. The van der Waals surface area contributed by atoms with E-state index in [9.17, 15) is 25.2 Å². The maximum atomic E-state index is 12.6. The van der Waals surface area contributed by atoms with Gasteiger partial charge in [0, 0.05) is 12.6 Å². The molecule has 0 spiro atoms. The molecule has 3 aliphatic rings. The molecule has 216 valence electrons. The zero-order valence-electron chi connectivity index (χ0n) is 21.0. The van der Waals surface area contributed by atoms with Crippen molar-refractivity contribution in [2.45, 2.75) is 118 Å². The predicted molar refractivity (Wildman–Crippen MR) is 129 cm³/mol. The van der Waals surface area contributed by atoms with Crippen LogP contribution < -0.4 is 34.0 Å². The molecule has 14 atom stereocenters. The molecule has 0 aromatic carbocycles. The van der Waals surface area contributed by atoms with Crippen LogP contribution in [0.1, 0.15) is 32.6 Å². The molecule has 3 rings (SSSR count). The number of hydrogen-bond acceptors (Lipinski definition) is 14. The molecule has 15 N–H and O–H groups in total. The molecule has 0 bridgehead atoms. The Hall–Kier alpha value is -1.05. The molecule has 2 aliphatic heterocycles. The third kappa shape index (κ3) is 7.13. The number of carbonyl (C=O) groups excluding carboxylic acids is 1. The third-order valence-electron chi connectivity index (χ3n) is 7.33. The molecule has 15 heteroatoms. The lowest BCUT2D eigenvalue weighted by Crippen LogP contribution is -2.68. The SMILES string of the molecule is CC1O[C@@H](O[C@H]2C(O)C(O[C@@H]3OC(CN)CCC3N)[C@@H](N)C[C@H]2NC(=O)[C@@H](O)CCN)C(O)[C@@H](N)[C@H]1O. The Labute approximate surface area is 215 Å². The lowest BCUT2D eigenvalue weighted by molar-refractivity contribution is -0.309. The van der Waals surface area contributed by atoms with Gasteiger partial charge >= 0.3 is 0 Å². The van der Waals surface area contributed by atoms with Crippen molar-refractivity contribution >= 4 is 5.91 Å². The highest BCUT2D eigenvalue weighted by Crippen LogP contribution is 2.31. The van der Waals surface area contributed by atoms with Crippen LogP contribution in [-0.2, 0) is 23.7 Å². The number of nitrogens with one attached hydrogen (secondary N) is 1. The Morgan fingerprint density at radius 1 is 0.973 bits per heavy atom. The van der Waals surface area contributed by atoms with Crippen LogP contribution in [-0.4, -0.2) is 125 Å². The van der Waals surface area contributed by atoms with Crippen molar-refractivity contribution in [2.75, 3.05) is 13.1 Å². The summed E-state index contributed by atoms with van der Waals surface area (Å²) >= 11 is 0. The van der Waals surface area contributed by atoms with Crippen molar-refractivity contribution in [3.8, 4) is 0 Å². The van der Waals surface area contributed by atoms with Gasteiger partial charge in [-0.25, -0.2) is 0 Å². The first kappa shape index (κ1) is 30.5. The van der Waals surface area contributed by atoms with Gasteiger partial charge in [-0.05, 0) is 39.2 Å². The van der Waals surface area contributed by atoms with Crippen molar-refractivity contribution in [1.29, 1.82) is 0 Å². The zero-order valence-corrected chi connectivity index (χ0v) is 21.0. The third-order valence-corrected chi connectivity index (χ3v) is 7.33. The van der Waals surface area contributed by atoms with Crippen LogP contribution in [0.2, 0.25) is 0 Å². The molecular formula is C22H44N6O9. The van der Waals surface area contributed by atoms with Crippen molar-refractivity contribution in [3.05, 3.63) is 0 Å². The first-order valence-corrected chi connectivity index (χ1v) is 12.8. The summed E-state index contributed by atoms with van der Waals surface area (Å²) in [4.78, 5) is 12.6. The molecule has 37 heavy (non-hydrogen) atoms. The number of nitrogens with two attached hydrogens (primary N) is 5. The van der Waals surface area contributed by atoms with E-state index in [0.29, 0.717) is 12.8 Å². The fourth-order valence-electron chi connectivity index (χ4n) is 4.98. The number of ether oxygens (including phenoxy) is 4. The van der Waals surface area contributed by atoms with Crippen molar-refractivity contribution in [1.82, 2.24) is 5.32 Å². The molecule has 1 aliphatic carbocycles. The average molecular weight is 537 g/mol. The zero-order chi connectivity index (χ0) is 27.4. The maximum absolute atomic E-state index is 12.6. The number of aliphatic hydroxyl groups is 4. The highest BCUT2D eigenvalue weighted by molar-refractivity contribution is 5.80. The topological polar surface area (TPSA) is 277 Å². The fraction of sp³-hybridized carbons (Fsp3) is 0.955. The summed E-state index contributed by atoms with van der Waals surface area (Å²) in [5.74, 6) is -0.725. The minimum atomic E-state index is -1.44. The molecule has 1 amide bonds. The second-order valence-electron chi connectivity index (χ2n) is 10.2. The van der Waals surface area contributed by atoms with Crippen LogP contribution in [0.25, 0.3) is 0 Å². The van der Waals surface area contributed by atoms with E-state index >= 15 is 0 Å². The lowest BCUT2D eigenvalue weighted by atomic mass is 9.83. The maximum Gasteiger partial charge on any atom is 0.249 e. The van der Waals surface area contributed by atoms with E-state index in [1.165, 1.54) is 0 Å². The van der Waals surface area contributed by atoms with E-state index in [2.05, 4.69) is 5.32 Å². The summed E-state index contributed by atoms with van der Waals surface area (Å²) in [6, 6.07) is -3.25. The van der Waals surface area contributed by atoms with E-state index in [0.717, 1.165) is 0 Å². The van der Waals surface area contributed by atoms with Crippen molar-refractivity contribution in [3.63, 3.8) is 0 Å². The Morgan fingerprint density at radius 2 is 1.65 bits per heavy atom. The van der Waals surface area contributed by atoms with Gasteiger partial charge in [0.2, 0.25) is 5.91 Å². The van der Waals surface area contributed by atoms with Gasteiger partial charge in [0.15, 0.2) is 12.6 Å². The summed E-state index contributed by atoms with van der Waals surface area (Å²) < 4.78 is 23.5. The van der Waals surface area contributed by atoms with Crippen LogP contribution in [0.15, 0.2) is 0 Å². The number of carbonyl (C=O) groups is 1. The Balaban J connectivity index is 1.81. The number of amides is 1. The van der Waals surface area contributed by atoms with E-state index in [1.807, 2.05) is 0 Å². The Bertz CT molecular complexity index is 741. The molecule has 3 fully saturated rings. The van der Waals surface area contributed by atoms with Gasteiger partial charge in [-0.1, -0.05) is 0 Å². The standard InChI is InChI=1S/C22H44N6O9/c1-8-15(30)14(27)16(31)22(34-8)37-19-12(28-20(33)13(29)4-5-23)6-11(26)18(17(19)32)36-21-10(25)3-2-9(7-24)35-21/h8-19,21-22,29-32H,2-7,23-27H2,1H3,(H,28,33)/t8?,9?,10?,11-,12+,13-,14-,15-,16?,17?,18?,19+,21-,22-/m0/s1. The molecule has 2 heterocycles. The molecule has 6 unspecified atom stereocenters. The van der Waals surface area contributed by atoms with Gasteiger partial charge in [-0.3, -0.25) is 4.79 Å². The lowest BCUT2D eigenvalue weighted by Gasteiger charge is -2.48. The summed E-state index contributed by atoms with van der Waals surface area (Å²) in [5, 5.41) is 44.8. The molecule has 0 aromatic rings. The first-order valence-electron chi connectivity index (χ1n) is 12.8. The smallest absolute Gasteiger partial charge is 0.249 e. The molecule has 15 nitrogen and oxygen atoms in total. The first-order chi connectivity index (χ1) is 17.5. The minimum absolute atomic E-state index is 0.0261. The Kier molecular flexibility index (Phi) is 11.0. The number of aliphatic hydroxyl groups excluding tert-OH is 4. The summed E-state index contributed by atoms with van der Waals surface area (Å²) in [7, 11) is 0. The summed E-state index contributed by atoms with van der Waals surface area (Å²) in [6.45, 7) is 1.92. The van der Waals surface area contributed by atoms with E-state index in [4.69, 9.17) is 47.6 Å². The fourth-order valence-corrected chi connectivity index (χ4v) is 4.98. The normalized spacial score (nSPS) is 45.8. The highest BCUT2D eigenvalue weighted by atomic mass is 16.7. The molecule has 2 saturated heterocycles. The van der Waals surface area contributed by atoms with Gasteiger partial charge in [-0.2, -0.15) is 0 Å². The second kappa shape index (κ2) is 13.3. The number of rotatable bonds is 9. The molecule has 1 saturated carbocycles. The average Bonchev–Trinajstić information content (AvgIpc) is 2.86. The second-order valence-corrected chi connectivity index (χ2v) is 10.2. The van der Waals surface area contributed by atoms with Gasteiger partial charge < -0.3 is 73.4 Å². The van der Waals surface area contributed by atoms with E-state index in [1.54, 1.807) is 6.92 Å². The van der Waals surface area contributed by atoms with Crippen LogP contribution in [0.3, 0.4) is 0 Å². The van der Waals surface area contributed by atoms with Gasteiger partial charge in [0.1, 0.15) is 30.5 Å². The summed E-state index contributed by atoms with van der Waals surface area (Å²) in [5.41, 5.74) is 29.6. The van der Waals surface area contributed by atoms with E-state index < -0.39 is 85.4 Å². The molecule has 0 aromatic heterocycles.